The minimum absolute atomic E-state index is 0.352. The highest BCUT2D eigenvalue weighted by Crippen LogP contribution is 2.31. The minimum Gasteiger partial charge on any atom is -0.478 e. The number of aryl methyl sites for hydroxylation is 2. The third-order valence-corrected chi connectivity index (χ3v) is 4.28. The van der Waals surface area contributed by atoms with E-state index < -0.39 is 5.97 Å². The molecule has 88 valence electrons. The maximum atomic E-state index is 10.9. The largest absolute Gasteiger partial charge is 0.478 e. The quantitative estimate of drug-likeness (QED) is 0.921. The van der Waals surface area contributed by atoms with Crippen LogP contribution in [0, 0.1) is 13.8 Å². The van der Waals surface area contributed by atoms with Gasteiger partial charge in [0.05, 0.1) is 5.56 Å². The van der Waals surface area contributed by atoms with E-state index in [0.29, 0.717) is 5.56 Å². The van der Waals surface area contributed by atoms with E-state index in [0.717, 1.165) is 20.5 Å². The van der Waals surface area contributed by atoms with Gasteiger partial charge in [0.2, 0.25) is 0 Å². The predicted molar refractivity (Wildman–Crippen MR) is 69.1 cm³/mol. The zero-order chi connectivity index (χ0) is 12.4. The number of nitrogens with zero attached hydrogens (tertiary/aromatic N) is 1. The first-order valence-electron chi connectivity index (χ1n) is 5.00. The molecule has 0 amide bonds. The molecule has 1 heterocycles. The Hall–Kier alpha value is -1.33. The lowest BCUT2D eigenvalue weighted by Crippen LogP contribution is -1.98. The van der Waals surface area contributed by atoms with E-state index in [1.807, 2.05) is 24.4 Å². The van der Waals surface area contributed by atoms with Gasteiger partial charge in [-0.1, -0.05) is 11.8 Å². The number of benzene rings is 1. The Morgan fingerprint density at radius 3 is 2.71 bits per heavy atom. The Balaban J connectivity index is 2.23. The van der Waals surface area contributed by atoms with Crippen LogP contribution in [0.1, 0.15) is 21.6 Å². The van der Waals surface area contributed by atoms with E-state index in [9.17, 15) is 4.79 Å². The van der Waals surface area contributed by atoms with Crippen LogP contribution in [-0.2, 0) is 0 Å². The summed E-state index contributed by atoms with van der Waals surface area (Å²) >= 11 is 3.15. The predicted octanol–water partition coefficient (Wildman–Crippen LogP) is 3.61. The molecule has 0 atom stereocenters. The molecule has 5 heteroatoms. The average Bonchev–Trinajstić information content (AvgIpc) is 2.63. The van der Waals surface area contributed by atoms with Gasteiger partial charge in [-0.2, -0.15) is 0 Å². The Bertz CT molecular complexity index is 563. The van der Waals surface area contributed by atoms with Gasteiger partial charge in [-0.25, -0.2) is 9.78 Å². The molecule has 0 saturated heterocycles. The van der Waals surface area contributed by atoms with E-state index >= 15 is 0 Å². The molecule has 1 aromatic heterocycles. The van der Waals surface area contributed by atoms with Gasteiger partial charge in [-0.3, -0.25) is 0 Å². The summed E-state index contributed by atoms with van der Waals surface area (Å²) in [6.07, 6.45) is 0. The van der Waals surface area contributed by atoms with Crippen molar-refractivity contribution in [3.05, 3.63) is 40.4 Å². The number of carboxylic acid groups (broad SMARTS) is 1. The van der Waals surface area contributed by atoms with Gasteiger partial charge in [0.25, 0.3) is 0 Å². The normalized spacial score (nSPS) is 10.5. The van der Waals surface area contributed by atoms with Gasteiger partial charge in [0, 0.05) is 16.0 Å². The van der Waals surface area contributed by atoms with Crippen molar-refractivity contribution in [3.63, 3.8) is 0 Å². The number of hydrogen-bond donors (Lipinski definition) is 1. The first kappa shape index (κ1) is 12.1. The fraction of sp³-hybridized carbons (Fsp3) is 0.167. The summed E-state index contributed by atoms with van der Waals surface area (Å²) in [5.41, 5.74) is 2.14. The summed E-state index contributed by atoms with van der Waals surface area (Å²) in [5.74, 6) is -0.885. The first-order valence-corrected chi connectivity index (χ1v) is 6.70. The van der Waals surface area contributed by atoms with Crippen molar-refractivity contribution in [2.24, 2.45) is 0 Å². The molecule has 2 aromatic rings. The third-order valence-electron chi connectivity index (χ3n) is 2.23. The molecular formula is C12H11NO2S2. The molecule has 0 spiro atoms. The van der Waals surface area contributed by atoms with Gasteiger partial charge in [0.15, 0.2) is 4.34 Å². The average molecular weight is 265 g/mol. The Labute approximate surface area is 108 Å². The highest BCUT2D eigenvalue weighted by Gasteiger charge is 2.08. The van der Waals surface area contributed by atoms with Crippen LogP contribution in [0.25, 0.3) is 0 Å². The van der Waals surface area contributed by atoms with E-state index in [1.54, 1.807) is 36.1 Å². The van der Waals surface area contributed by atoms with Gasteiger partial charge >= 0.3 is 5.97 Å². The SMILES string of the molecule is Cc1csc(Sc2ccc(C(=O)O)c(C)c2)n1. The molecule has 2 rings (SSSR count). The van der Waals surface area contributed by atoms with Crippen LogP contribution in [-0.4, -0.2) is 16.1 Å². The summed E-state index contributed by atoms with van der Waals surface area (Å²) in [6, 6.07) is 5.34. The highest BCUT2D eigenvalue weighted by atomic mass is 32.2. The molecule has 0 aliphatic carbocycles. The molecule has 1 N–H and O–H groups in total. The van der Waals surface area contributed by atoms with Crippen molar-refractivity contribution >= 4 is 29.1 Å². The summed E-state index contributed by atoms with van der Waals surface area (Å²) in [7, 11) is 0. The summed E-state index contributed by atoms with van der Waals surface area (Å²) < 4.78 is 0.977. The Kier molecular flexibility index (Phi) is 3.49. The van der Waals surface area contributed by atoms with Crippen LogP contribution in [0.5, 0.6) is 0 Å². The van der Waals surface area contributed by atoms with Crippen LogP contribution < -0.4 is 0 Å². The van der Waals surface area contributed by atoms with Crippen LogP contribution in [0.15, 0.2) is 32.8 Å². The van der Waals surface area contributed by atoms with Crippen LogP contribution >= 0.6 is 23.1 Å². The molecule has 3 nitrogen and oxygen atoms in total. The maximum absolute atomic E-state index is 10.9. The van der Waals surface area contributed by atoms with Crippen LogP contribution in [0.3, 0.4) is 0 Å². The van der Waals surface area contributed by atoms with Crippen molar-refractivity contribution in [1.82, 2.24) is 4.98 Å². The Morgan fingerprint density at radius 1 is 1.41 bits per heavy atom. The molecule has 0 radical (unpaired) electrons. The van der Waals surface area contributed by atoms with E-state index in [-0.39, 0.29) is 0 Å². The van der Waals surface area contributed by atoms with Crippen molar-refractivity contribution in [1.29, 1.82) is 0 Å². The Morgan fingerprint density at radius 2 is 2.18 bits per heavy atom. The van der Waals surface area contributed by atoms with Gasteiger partial charge < -0.3 is 5.11 Å². The van der Waals surface area contributed by atoms with Crippen molar-refractivity contribution in [2.75, 3.05) is 0 Å². The lowest BCUT2D eigenvalue weighted by atomic mass is 10.1. The number of rotatable bonds is 3. The molecule has 0 aliphatic heterocycles. The molecule has 1 aromatic carbocycles. The van der Waals surface area contributed by atoms with Gasteiger partial charge in [-0.15, -0.1) is 11.3 Å². The molecule has 0 saturated carbocycles. The smallest absolute Gasteiger partial charge is 0.335 e. The second-order valence-electron chi connectivity index (χ2n) is 3.64. The van der Waals surface area contributed by atoms with E-state index in [1.165, 1.54) is 0 Å². The number of aromatic nitrogens is 1. The zero-order valence-electron chi connectivity index (χ0n) is 9.43. The third kappa shape index (κ3) is 2.87. The van der Waals surface area contributed by atoms with E-state index in [2.05, 4.69) is 4.98 Å². The second kappa shape index (κ2) is 4.89. The van der Waals surface area contributed by atoms with Gasteiger partial charge in [0.1, 0.15) is 0 Å². The minimum atomic E-state index is -0.885. The number of carbonyl (C=O) groups is 1. The molecule has 17 heavy (non-hydrogen) atoms. The molecule has 0 fully saturated rings. The number of carboxylic acids is 1. The zero-order valence-corrected chi connectivity index (χ0v) is 11.1. The van der Waals surface area contributed by atoms with E-state index in [4.69, 9.17) is 5.11 Å². The fourth-order valence-electron chi connectivity index (χ4n) is 1.42. The lowest BCUT2D eigenvalue weighted by molar-refractivity contribution is 0.0696. The maximum Gasteiger partial charge on any atom is 0.335 e. The van der Waals surface area contributed by atoms with Gasteiger partial charge in [-0.05, 0) is 37.6 Å². The molecule has 0 unspecified atom stereocenters. The number of hydrogen-bond acceptors (Lipinski definition) is 4. The lowest BCUT2D eigenvalue weighted by Gasteiger charge is -2.03. The summed E-state index contributed by atoms with van der Waals surface area (Å²) in [6.45, 7) is 3.76. The molecular weight excluding hydrogens is 254 g/mol. The monoisotopic (exact) mass is 265 g/mol. The van der Waals surface area contributed by atoms with Crippen molar-refractivity contribution < 1.29 is 9.90 Å². The molecule has 0 aliphatic rings. The fourth-order valence-corrected chi connectivity index (χ4v) is 3.33. The summed E-state index contributed by atoms with van der Waals surface area (Å²) in [5, 5.41) is 10.9. The second-order valence-corrected chi connectivity index (χ2v) is 5.82. The van der Waals surface area contributed by atoms with Crippen LogP contribution in [0.2, 0.25) is 0 Å². The first-order chi connectivity index (χ1) is 8.06. The van der Waals surface area contributed by atoms with Crippen LogP contribution in [0.4, 0.5) is 0 Å². The van der Waals surface area contributed by atoms with Crippen molar-refractivity contribution in [3.8, 4) is 0 Å². The topological polar surface area (TPSA) is 50.2 Å². The highest BCUT2D eigenvalue weighted by molar-refractivity contribution is 8.01. The number of thiazole rings is 1. The van der Waals surface area contributed by atoms with Crippen molar-refractivity contribution in [2.45, 2.75) is 23.1 Å². The molecule has 0 bridgehead atoms. The number of aromatic carboxylic acids is 1. The summed E-state index contributed by atoms with van der Waals surface area (Å²) in [4.78, 5) is 16.3. The standard InChI is InChI=1S/C12H11NO2S2/c1-7-5-9(3-4-10(7)11(14)15)17-12-13-8(2)6-16-12/h3-6H,1-2H3,(H,14,15).